The normalized spacial score (nSPS) is 18.3. The van der Waals surface area contributed by atoms with Gasteiger partial charge in [0.25, 0.3) is 0 Å². The molecule has 4 nitrogen and oxygen atoms in total. The van der Waals surface area contributed by atoms with Gasteiger partial charge >= 0.3 is 0 Å². The van der Waals surface area contributed by atoms with Gasteiger partial charge in [0.05, 0.1) is 25.4 Å². The lowest BCUT2D eigenvalue weighted by Gasteiger charge is -2.24. The second-order valence-corrected chi connectivity index (χ2v) is 6.08. The first-order chi connectivity index (χ1) is 8.56. The summed E-state index contributed by atoms with van der Waals surface area (Å²) in [5, 5.41) is 37.1. The van der Waals surface area contributed by atoms with E-state index in [1.54, 1.807) is 0 Å². The largest absolute Gasteiger partial charge is 0.394 e. The van der Waals surface area contributed by atoms with Crippen molar-refractivity contribution in [3.8, 4) is 0 Å². The molecule has 0 aliphatic heterocycles. The summed E-state index contributed by atoms with van der Waals surface area (Å²) in [7, 11) is 0. The fourth-order valence-corrected chi connectivity index (χ4v) is 2.57. The highest BCUT2D eigenvalue weighted by molar-refractivity contribution is 14.1. The van der Waals surface area contributed by atoms with Crippen molar-refractivity contribution in [1.29, 1.82) is 0 Å². The molecule has 0 fully saturated rings. The zero-order chi connectivity index (χ0) is 14.0. The Morgan fingerprint density at radius 1 is 0.889 bits per heavy atom. The van der Waals surface area contributed by atoms with Gasteiger partial charge in [0, 0.05) is 0 Å². The van der Waals surface area contributed by atoms with Crippen LogP contribution in [-0.4, -0.2) is 50.3 Å². The summed E-state index contributed by atoms with van der Waals surface area (Å²) in [4.78, 5) is 0. The first-order valence-corrected chi connectivity index (χ1v) is 8.23. The van der Waals surface area contributed by atoms with Gasteiger partial charge in [-0.2, -0.15) is 0 Å². The number of halogens is 1. The lowest BCUT2D eigenvalue weighted by Crippen LogP contribution is -2.27. The maximum atomic E-state index is 9.76. The summed E-state index contributed by atoms with van der Waals surface area (Å²) >= 11 is 2.33. The molecule has 0 amide bonds. The highest BCUT2D eigenvalue weighted by Gasteiger charge is 2.21. The molecule has 0 aromatic heterocycles. The second kappa shape index (κ2) is 11.4. The number of aliphatic hydroxyl groups is 4. The van der Waals surface area contributed by atoms with E-state index in [1.165, 1.54) is 0 Å². The molecule has 4 unspecified atom stereocenters. The van der Waals surface area contributed by atoms with Crippen molar-refractivity contribution in [3.63, 3.8) is 0 Å². The van der Waals surface area contributed by atoms with Gasteiger partial charge in [-0.1, -0.05) is 35.9 Å². The van der Waals surface area contributed by atoms with Crippen LogP contribution in [0.3, 0.4) is 0 Å². The molecule has 5 heteroatoms. The van der Waals surface area contributed by atoms with Crippen molar-refractivity contribution in [2.45, 2.75) is 51.2 Å². The van der Waals surface area contributed by atoms with Gasteiger partial charge in [-0.3, -0.25) is 0 Å². The summed E-state index contributed by atoms with van der Waals surface area (Å²) in [6.45, 7) is 1.48. The molecular formula is C13H27IO4. The van der Waals surface area contributed by atoms with Crippen LogP contribution in [0.4, 0.5) is 0 Å². The lowest BCUT2D eigenvalue weighted by atomic mass is 9.87. The van der Waals surface area contributed by atoms with Crippen molar-refractivity contribution in [1.82, 2.24) is 0 Å². The van der Waals surface area contributed by atoms with E-state index in [1.807, 2.05) is 6.92 Å². The van der Waals surface area contributed by atoms with Crippen molar-refractivity contribution in [3.05, 3.63) is 0 Å². The third kappa shape index (κ3) is 7.89. The van der Waals surface area contributed by atoms with Gasteiger partial charge < -0.3 is 20.4 Å². The summed E-state index contributed by atoms with van der Waals surface area (Å²) in [6.07, 6.45) is 3.27. The standard InChI is InChI=1S/C13H27IO4/c1-10(12(17)8-15)5-6-11(13(18)9-16)4-2-3-7-14/h10-13,15-18H,2-9H2,1H3. The molecule has 0 bridgehead atoms. The minimum atomic E-state index is -0.689. The highest BCUT2D eigenvalue weighted by atomic mass is 127. The van der Waals surface area contributed by atoms with Gasteiger partial charge in [-0.15, -0.1) is 0 Å². The molecule has 0 saturated carbocycles. The summed E-state index contributed by atoms with van der Waals surface area (Å²) < 4.78 is 1.11. The summed E-state index contributed by atoms with van der Waals surface area (Å²) in [5.74, 6) is 0.110. The number of rotatable bonds is 11. The van der Waals surface area contributed by atoms with E-state index in [-0.39, 0.29) is 25.0 Å². The molecule has 110 valence electrons. The Morgan fingerprint density at radius 3 is 2.00 bits per heavy atom. The first kappa shape index (κ1) is 18.6. The predicted octanol–water partition coefficient (Wildman–Crippen LogP) is 1.33. The number of hydrogen-bond donors (Lipinski definition) is 4. The molecule has 4 atom stereocenters. The monoisotopic (exact) mass is 374 g/mol. The summed E-state index contributed by atoms with van der Waals surface area (Å²) in [6, 6.07) is 0. The van der Waals surface area contributed by atoms with Crippen LogP contribution in [0.2, 0.25) is 0 Å². The maximum Gasteiger partial charge on any atom is 0.0799 e. The minimum Gasteiger partial charge on any atom is -0.394 e. The Hall–Kier alpha value is 0.570. The summed E-state index contributed by atoms with van der Waals surface area (Å²) in [5.41, 5.74) is 0. The Balaban J connectivity index is 4.07. The molecule has 0 aliphatic carbocycles. The molecule has 0 aromatic rings. The molecule has 0 heterocycles. The zero-order valence-corrected chi connectivity index (χ0v) is 13.3. The number of unbranched alkanes of at least 4 members (excludes halogenated alkanes) is 1. The Kier molecular flexibility index (Phi) is 11.8. The Morgan fingerprint density at radius 2 is 1.50 bits per heavy atom. The first-order valence-electron chi connectivity index (χ1n) is 6.70. The topological polar surface area (TPSA) is 80.9 Å². The fourth-order valence-electron chi connectivity index (χ4n) is 2.03. The zero-order valence-electron chi connectivity index (χ0n) is 11.1. The van der Waals surface area contributed by atoms with E-state index in [0.717, 1.165) is 36.5 Å². The van der Waals surface area contributed by atoms with Crippen LogP contribution in [0.5, 0.6) is 0 Å². The molecule has 4 N–H and O–H groups in total. The number of alkyl halides is 1. The molecule has 0 spiro atoms. The smallest absolute Gasteiger partial charge is 0.0799 e. The van der Waals surface area contributed by atoms with Crippen molar-refractivity contribution in [2.24, 2.45) is 11.8 Å². The SMILES string of the molecule is CC(CCC(CCCCI)C(O)CO)C(O)CO. The van der Waals surface area contributed by atoms with Gasteiger partial charge in [0.15, 0.2) is 0 Å². The van der Waals surface area contributed by atoms with E-state index in [4.69, 9.17) is 10.2 Å². The Bertz CT molecular complexity index is 192. The van der Waals surface area contributed by atoms with Gasteiger partial charge in [0.2, 0.25) is 0 Å². The lowest BCUT2D eigenvalue weighted by molar-refractivity contribution is 0.0236. The fraction of sp³-hybridized carbons (Fsp3) is 1.00. The molecule has 18 heavy (non-hydrogen) atoms. The average molecular weight is 374 g/mol. The van der Waals surface area contributed by atoms with E-state index < -0.39 is 12.2 Å². The highest BCUT2D eigenvalue weighted by Crippen LogP contribution is 2.23. The predicted molar refractivity (Wildman–Crippen MR) is 80.8 cm³/mol. The van der Waals surface area contributed by atoms with E-state index >= 15 is 0 Å². The Labute approximate surface area is 124 Å². The molecule has 0 aliphatic rings. The van der Waals surface area contributed by atoms with Crippen LogP contribution < -0.4 is 0 Å². The van der Waals surface area contributed by atoms with E-state index in [0.29, 0.717) is 0 Å². The molecule has 0 saturated heterocycles. The molecule has 0 aromatic carbocycles. The van der Waals surface area contributed by atoms with Crippen LogP contribution in [-0.2, 0) is 0 Å². The number of hydrogen-bond acceptors (Lipinski definition) is 4. The molecular weight excluding hydrogens is 347 g/mol. The van der Waals surface area contributed by atoms with Gasteiger partial charge in [-0.05, 0) is 41.9 Å². The van der Waals surface area contributed by atoms with Gasteiger partial charge in [-0.25, -0.2) is 0 Å². The van der Waals surface area contributed by atoms with Crippen LogP contribution in [0.25, 0.3) is 0 Å². The minimum absolute atomic E-state index is 0.0213. The third-order valence-electron chi connectivity index (χ3n) is 3.53. The van der Waals surface area contributed by atoms with E-state index in [9.17, 15) is 10.2 Å². The van der Waals surface area contributed by atoms with Crippen LogP contribution >= 0.6 is 22.6 Å². The van der Waals surface area contributed by atoms with Crippen molar-refractivity contribution < 1.29 is 20.4 Å². The number of aliphatic hydroxyl groups excluding tert-OH is 4. The van der Waals surface area contributed by atoms with Crippen molar-refractivity contribution in [2.75, 3.05) is 17.6 Å². The third-order valence-corrected chi connectivity index (χ3v) is 4.29. The maximum absolute atomic E-state index is 9.76. The van der Waals surface area contributed by atoms with Crippen LogP contribution in [0.15, 0.2) is 0 Å². The molecule has 0 radical (unpaired) electrons. The average Bonchev–Trinajstić information content (AvgIpc) is 2.40. The van der Waals surface area contributed by atoms with Crippen LogP contribution in [0, 0.1) is 11.8 Å². The van der Waals surface area contributed by atoms with Crippen molar-refractivity contribution >= 4 is 22.6 Å². The van der Waals surface area contributed by atoms with Gasteiger partial charge in [0.1, 0.15) is 0 Å². The van der Waals surface area contributed by atoms with Crippen LogP contribution in [0.1, 0.15) is 39.0 Å². The van der Waals surface area contributed by atoms with E-state index in [2.05, 4.69) is 22.6 Å². The second-order valence-electron chi connectivity index (χ2n) is 5.00. The molecule has 0 rings (SSSR count). The quantitative estimate of drug-likeness (QED) is 0.250.